The van der Waals surface area contributed by atoms with Crippen molar-refractivity contribution in [1.29, 1.82) is 0 Å². The Kier molecular flexibility index (Phi) is 5.77. The third-order valence-corrected chi connectivity index (χ3v) is 3.68. The average Bonchev–Trinajstić information content (AvgIpc) is 2.44. The van der Waals surface area contributed by atoms with Gasteiger partial charge in [0.1, 0.15) is 11.9 Å². The van der Waals surface area contributed by atoms with Crippen LogP contribution in [0.15, 0.2) is 42.5 Å². The second-order valence-electron chi connectivity index (χ2n) is 4.95. The zero-order valence-corrected chi connectivity index (χ0v) is 13.7. The van der Waals surface area contributed by atoms with E-state index in [1.165, 1.54) is 0 Å². The van der Waals surface area contributed by atoms with Gasteiger partial charge in [-0.2, -0.15) is 0 Å². The van der Waals surface area contributed by atoms with Crippen molar-refractivity contribution in [3.8, 4) is 5.75 Å². The van der Waals surface area contributed by atoms with Crippen molar-refractivity contribution in [1.82, 2.24) is 0 Å². The number of ether oxygens (including phenoxy) is 1. The molecule has 0 amide bonds. The fourth-order valence-corrected chi connectivity index (χ4v) is 2.55. The minimum absolute atomic E-state index is 0.0869. The van der Waals surface area contributed by atoms with Crippen LogP contribution in [0.5, 0.6) is 5.75 Å². The van der Waals surface area contributed by atoms with Gasteiger partial charge in [-0.3, -0.25) is 0 Å². The summed E-state index contributed by atoms with van der Waals surface area (Å²) >= 11 is 12.0. The fraction of sp³-hybridized carbons (Fsp3) is 0.294. The molecule has 0 aromatic heterocycles. The summed E-state index contributed by atoms with van der Waals surface area (Å²) in [7, 11) is 0. The van der Waals surface area contributed by atoms with Gasteiger partial charge in [0, 0.05) is 15.7 Å². The lowest BCUT2D eigenvalue weighted by molar-refractivity contribution is 0.208. The minimum Gasteiger partial charge on any atom is -0.488 e. The maximum absolute atomic E-state index is 6.05. The number of rotatable bonds is 6. The molecular weight excluding hydrogens is 305 g/mol. The molecule has 0 bridgehead atoms. The molecule has 0 radical (unpaired) electrons. The van der Waals surface area contributed by atoms with Crippen molar-refractivity contribution in [3.05, 3.63) is 58.1 Å². The van der Waals surface area contributed by atoms with Crippen LogP contribution in [-0.2, 0) is 0 Å². The summed E-state index contributed by atoms with van der Waals surface area (Å²) in [5.41, 5.74) is 2.04. The van der Waals surface area contributed by atoms with E-state index in [4.69, 9.17) is 27.9 Å². The Hall–Kier alpha value is -1.38. The van der Waals surface area contributed by atoms with Gasteiger partial charge in [-0.05, 0) is 43.2 Å². The number of aryl methyl sites for hydroxylation is 1. The predicted molar refractivity (Wildman–Crippen MR) is 90.8 cm³/mol. The first-order chi connectivity index (χ1) is 10.1. The largest absolute Gasteiger partial charge is 0.488 e. The Morgan fingerprint density at radius 3 is 2.38 bits per heavy atom. The van der Waals surface area contributed by atoms with Crippen LogP contribution in [0.3, 0.4) is 0 Å². The van der Waals surface area contributed by atoms with Gasteiger partial charge in [0.2, 0.25) is 0 Å². The third kappa shape index (κ3) is 4.83. The Morgan fingerprint density at radius 2 is 1.76 bits per heavy atom. The van der Waals surface area contributed by atoms with E-state index in [9.17, 15) is 0 Å². The lowest BCUT2D eigenvalue weighted by Crippen LogP contribution is -2.25. The van der Waals surface area contributed by atoms with E-state index in [0.29, 0.717) is 16.6 Å². The Balaban J connectivity index is 1.98. The van der Waals surface area contributed by atoms with E-state index in [0.717, 1.165) is 23.4 Å². The van der Waals surface area contributed by atoms with Crippen molar-refractivity contribution in [2.24, 2.45) is 0 Å². The van der Waals surface area contributed by atoms with Gasteiger partial charge >= 0.3 is 0 Å². The van der Waals surface area contributed by atoms with Crippen LogP contribution in [0, 0.1) is 6.92 Å². The molecule has 0 fully saturated rings. The van der Waals surface area contributed by atoms with Crippen LogP contribution in [0.25, 0.3) is 0 Å². The van der Waals surface area contributed by atoms with Crippen LogP contribution in [0.2, 0.25) is 10.0 Å². The molecule has 1 atom stereocenters. The summed E-state index contributed by atoms with van der Waals surface area (Å²) in [4.78, 5) is 0. The van der Waals surface area contributed by atoms with E-state index >= 15 is 0 Å². The highest BCUT2D eigenvalue weighted by atomic mass is 35.5. The molecule has 0 saturated carbocycles. The average molecular weight is 324 g/mol. The van der Waals surface area contributed by atoms with Gasteiger partial charge in [0.25, 0.3) is 0 Å². The van der Waals surface area contributed by atoms with E-state index in [-0.39, 0.29) is 6.10 Å². The zero-order chi connectivity index (χ0) is 15.2. The van der Waals surface area contributed by atoms with Crippen molar-refractivity contribution in [2.45, 2.75) is 26.4 Å². The number of hydrogen-bond donors (Lipinski definition) is 1. The molecule has 4 heteroatoms. The Morgan fingerprint density at radius 1 is 1.10 bits per heavy atom. The van der Waals surface area contributed by atoms with E-state index in [1.54, 1.807) is 6.07 Å². The molecule has 2 rings (SSSR count). The first-order valence-corrected chi connectivity index (χ1v) is 7.76. The van der Waals surface area contributed by atoms with Crippen LogP contribution < -0.4 is 10.1 Å². The van der Waals surface area contributed by atoms with E-state index < -0.39 is 0 Å². The number of para-hydroxylation sites is 1. The number of nitrogens with one attached hydrogen (secondary N) is 1. The highest BCUT2D eigenvalue weighted by molar-refractivity contribution is 6.35. The van der Waals surface area contributed by atoms with Gasteiger partial charge in [-0.15, -0.1) is 0 Å². The summed E-state index contributed by atoms with van der Waals surface area (Å²) in [6, 6.07) is 13.5. The third-order valence-electron chi connectivity index (χ3n) is 3.24. The van der Waals surface area contributed by atoms with E-state index in [2.05, 4.69) is 12.2 Å². The van der Waals surface area contributed by atoms with Crippen molar-refractivity contribution >= 4 is 28.9 Å². The van der Waals surface area contributed by atoms with E-state index in [1.807, 2.05) is 43.3 Å². The molecule has 112 valence electrons. The highest BCUT2D eigenvalue weighted by Gasteiger charge is 2.10. The number of hydrogen-bond acceptors (Lipinski definition) is 2. The lowest BCUT2D eigenvalue weighted by atomic mass is 10.2. The van der Waals surface area contributed by atoms with Gasteiger partial charge in [-0.1, -0.05) is 48.3 Å². The second kappa shape index (κ2) is 7.58. The molecule has 0 spiro atoms. The van der Waals surface area contributed by atoms with Gasteiger partial charge < -0.3 is 10.1 Å². The number of anilines is 1. The van der Waals surface area contributed by atoms with Gasteiger partial charge in [0.15, 0.2) is 0 Å². The van der Waals surface area contributed by atoms with Crippen molar-refractivity contribution in [2.75, 3.05) is 11.9 Å². The fourth-order valence-electron chi connectivity index (χ4n) is 2.03. The summed E-state index contributed by atoms with van der Waals surface area (Å²) in [6.45, 7) is 4.85. The summed E-state index contributed by atoms with van der Waals surface area (Å²) < 4.78 is 6.05. The summed E-state index contributed by atoms with van der Waals surface area (Å²) in [5, 5.41) is 4.57. The van der Waals surface area contributed by atoms with Crippen LogP contribution >= 0.6 is 23.2 Å². The summed E-state index contributed by atoms with van der Waals surface area (Å²) in [6.07, 6.45) is 0.999. The molecule has 0 heterocycles. The maximum Gasteiger partial charge on any atom is 0.122 e. The topological polar surface area (TPSA) is 21.3 Å². The molecule has 1 N–H and O–H groups in total. The lowest BCUT2D eigenvalue weighted by Gasteiger charge is -2.20. The second-order valence-corrected chi connectivity index (χ2v) is 5.83. The maximum atomic E-state index is 6.05. The van der Waals surface area contributed by atoms with Gasteiger partial charge in [-0.25, -0.2) is 0 Å². The molecule has 0 aliphatic rings. The first-order valence-electron chi connectivity index (χ1n) is 7.00. The Labute approximate surface area is 136 Å². The summed E-state index contributed by atoms with van der Waals surface area (Å²) in [5.74, 6) is 0.926. The SMILES string of the molecule is CCC(CNc1cc(Cl)cc(Cl)c1)Oc1ccccc1C. The number of halogens is 2. The highest BCUT2D eigenvalue weighted by Crippen LogP contribution is 2.23. The quantitative estimate of drug-likeness (QED) is 0.750. The van der Waals surface area contributed by atoms with Crippen molar-refractivity contribution < 1.29 is 4.74 Å². The first kappa shape index (κ1) is 16.0. The molecule has 2 nitrogen and oxygen atoms in total. The Bertz CT molecular complexity index is 581. The zero-order valence-electron chi connectivity index (χ0n) is 12.2. The minimum atomic E-state index is 0.0869. The predicted octanol–water partition coefficient (Wildman–Crippen LogP) is 5.57. The molecule has 1 unspecified atom stereocenters. The van der Waals surface area contributed by atoms with Crippen LogP contribution in [0.4, 0.5) is 5.69 Å². The van der Waals surface area contributed by atoms with Crippen LogP contribution in [-0.4, -0.2) is 12.6 Å². The van der Waals surface area contributed by atoms with Gasteiger partial charge in [0.05, 0.1) is 6.54 Å². The molecular formula is C17H19Cl2NO. The smallest absolute Gasteiger partial charge is 0.122 e. The molecule has 0 aliphatic heterocycles. The van der Waals surface area contributed by atoms with Crippen LogP contribution in [0.1, 0.15) is 18.9 Å². The standard InChI is InChI=1S/C17H19Cl2NO/c1-3-16(21-17-7-5-4-6-12(17)2)11-20-15-9-13(18)8-14(19)10-15/h4-10,16,20H,3,11H2,1-2H3. The monoisotopic (exact) mass is 323 g/mol. The number of benzene rings is 2. The molecule has 21 heavy (non-hydrogen) atoms. The molecule has 2 aromatic rings. The molecule has 2 aromatic carbocycles. The normalized spacial score (nSPS) is 12.0. The molecule has 0 aliphatic carbocycles. The molecule has 0 saturated heterocycles. The van der Waals surface area contributed by atoms with Crippen molar-refractivity contribution in [3.63, 3.8) is 0 Å².